The van der Waals surface area contributed by atoms with Gasteiger partial charge in [-0.3, -0.25) is 0 Å². The first kappa shape index (κ1) is 42.3. The summed E-state index contributed by atoms with van der Waals surface area (Å²) in [6.45, 7) is 9.51. The molecule has 6 aromatic heterocycles. The molecule has 4 nitrogen and oxygen atoms in total. The van der Waals surface area contributed by atoms with Crippen molar-refractivity contribution in [1.82, 2.24) is 9.13 Å². The quantitative estimate of drug-likeness (QED) is 0.162. The van der Waals surface area contributed by atoms with Crippen LogP contribution in [0.4, 0.5) is 5.69 Å². The van der Waals surface area contributed by atoms with Gasteiger partial charge in [0.1, 0.15) is 0 Å². The standard InChI is InChI=1S/C68H34N4S4/c1-70-62-51(36-69)60(37-26-32-58-49(34-37)43-18-6-10-22-54(43)73-58)65(71-52-20-8-2-14-39(52)45-28-30-47-41-16-4-12-24-56(41)75-67(47)63(45)71)66(61(62)38-27-33-59-50(35-38)44-19-7-11-23-55(44)74-59)72-53-21-9-3-15-40(53)46-29-31-48-42-17-5-13-25-57(42)76-68(48)64(46)72/h2-35H. The summed E-state index contributed by atoms with van der Waals surface area (Å²) in [5, 5.41) is 26.0. The number of nitriles is 1. The van der Waals surface area contributed by atoms with Crippen molar-refractivity contribution in [3.05, 3.63) is 223 Å². The number of hydrogen-bond acceptors (Lipinski definition) is 5. The van der Waals surface area contributed by atoms with Crippen molar-refractivity contribution in [1.29, 1.82) is 5.26 Å². The van der Waals surface area contributed by atoms with E-state index in [-0.39, 0.29) is 0 Å². The van der Waals surface area contributed by atoms with Gasteiger partial charge in [-0.1, -0.05) is 146 Å². The Morgan fingerprint density at radius 2 is 0.724 bits per heavy atom. The summed E-state index contributed by atoms with van der Waals surface area (Å²) >= 11 is 7.20. The fourth-order valence-corrected chi connectivity index (χ4v) is 17.3. The zero-order valence-electron chi connectivity index (χ0n) is 40.1. The van der Waals surface area contributed by atoms with Crippen molar-refractivity contribution in [3.63, 3.8) is 0 Å². The maximum Gasteiger partial charge on any atom is 0.215 e. The van der Waals surface area contributed by atoms with Crippen molar-refractivity contribution in [3.8, 4) is 39.7 Å². The van der Waals surface area contributed by atoms with Crippen LogP contribution >= 0.6 is 45.3 Å². The molecule has 0 atom stereocenters. The van der Waals surface area contributed by atoms with Gasteiger partial charge in [-0.05, 0) is 71.8 Å². The van der Waals surface area contributed by atoms with Gasteiger partial charge in [0.15, 0.2) is 0 Å². The van der Waals surface area contributed by atoms with Gasteiger partial charge in [-0.2, -0.15) is 5.26 Å². The Morgan fingerprint density at radius 3 is 1.18 bits per heavy atom. The zero-order valence-corrected chi connectivity index (χ0v) is 43.3. The monoisotopic (exact) mass is 1030 g/mol. The molecule has 0 spiro atoms. The third-order valence-corrected chi connectivity index (χ3v) is 20.5. The highest BCUT2D eigenvalue weighted by atomic mass is 32.1. The van der Waals surface area contributed by atoms with Crippen molar-refractivity contribution >= 4 is 175 Å². The molecule has 0 saturated carbocycles. The normalized spacial score (nSPS) is 12.2. The number of rotatable bonds is 4. The van der Waals surface area contributed by atoms with Crippen LogP contribution in [0.2, 0.25) is 0 Å². The average molecular weight is 1040 g/mol. The number of thiophene rings is 4. The first-order chi connectivity index (χ1) is 37.6. The van der Waals surface area contributed by atoms with Crippen LogP contribution in [0.5, 0.6) is 0 Å². The molecule has 76 heavy (non-hydrogen) atoms. The Labute approximate surface area is 449 Å². The molecular formula is C68H34N4S4. The van der Waals surface area contributed by atoms with Gasteiger partial charge in [-0.15, -0.1) is 45.3 Å². The van der Waals surface area contributed by atoms with E-state index in [9.17, 15) is 11.8 Å². The Morgan fingerprint density at radius 1 is 0.355 bits per heavy atom. The number of fused-ring (bicyclic) bond motifs is 20. The van der Waals surface area contributed by atoms with E-state index in [0.717, 1.165) is 88.0 Å². The summed E-state index contributed by atoms with van der Waals surface area (Å²) in [6, 6.07) is 77.6. The van der Waals surface area contributed by atoms with Crippen molar-refractivity contribution in [2.24, 2.45) is 0 Å². The van der Waals surface area contributed by atoms with E-state index >= 15 is 0 Å². The van der Waals surface area contributed by atoms with E-state index in [2.05, 4.69) is 226 Å². The van der Waals surface area contributed by atoms with Gasteiger partial charge in [0.25, 0.3) is 0 Å². The van der Waals surface area contributed by atoms with E-state index in [1.807, 2.05) is 22.7 Å². The number of hydrogen-bond donors (Lipinski definition) is 0. The lowest BCUT2D eigenvalue weighted by atomic mass is 9.88. The van der Waals surface area contributed by atoms with Gasteiger partial charge in [0.05, 0.1) is 61.0 Å². The van der Waals surface area contributed by atoms with Gasteiger partial charge in [0.2, 0.25) is 5.69 Å². The number of para-hydroxylation sites is 2. The lowest BCUT2D eigenvalue weighted by Crippen LogP contribution is -2.10. The van der Waals surface area contributed by atoms with E-state index in [1.165, 1.54) is 69.9 Å². The Hall–Kier alpha value is -9.12. The highest BCUT2D eigenvalue weighted by Crippen LogP contribution is 2.55. The minimum Gasteiger partial charge on any atom is -0.306 e. The lowest BCUT2D eigenvalue weighted by Gasteiger charge is -2.27. The molecule has 0 aliphatic heterocycles. The first-order valence-electron chi connectivity index (χ1n) is 25.2. The van der Waals surface area contributed by atoms with Crippen LogP contribution in [0.15, 0.2) is 206 Å². The van der Waals surface area contributed by atoms with Crippen molar-refractivity contribution in [2.75, 3.05) is 0 Å². The molecule has 0 N–H and O–H groups in total. The largest absolute Gasteiger partial charge is 0.306 e. The molecule has 350 valence electrons. The summed E-state index contributed by atoms with van der Waals surface area (Å²) < 4.78 is 14.5. The van der Waals surface area contributed by atoms with E-state index in [4.69, 9.17) is 0 Å². The molecule has 0 saturated heterocycles. The molecule has 0 amide bonds. The predicted octanol–water partition coefficient (Wildman–Crippen LogP) is 21.1. The molecular weight excluding hydrogens is 1000 g/mol. The lowest BCUT2D eigenvalue weighted by molar-refractivity contribution is 1.10. The van der Waals surface area contributed by atoms with Crippen LogP contribution in [-0.4, -0.2) is 9.13 Å². The van der Waals surface area contributed by atoms with E-state index in [0.29, 0.717) is 11.3 Å². The molecule has 0 fully saturated rings. The van der Waals surface area contributed by atoms with E-state index in [1.54, 1.807) is 22.7 Å². The highest BCUT2D eigenvalue weighted by Gasteiger charge is 2.33. The van der Waals surface area contributed by atoms with Crippen molar-refractivity contribution < 1.29 is 0 Å². The van der Waals surface area contributed by atoms with Crippen LogP contribution < -0.4 is 0 Å². The highest BCUT2D eigenvalue weighted by molar-refractivity contribution is 7.27. The molecule has 17 rings (SSSR count). The number of benzene rings is 11. The summed E-state index contributed by atoms with van der Waals surface area (Å²) in [5.74, 6) is 0. The molecule has 0 unspecified atom stereocenters. The minimum atomic E-state index is 0.327. The summed E-state index contributed by atoms with van der Waals surface area (Å²) in [5.41, 5.74) is 9.76. The zero-order chi connectivity index (χ0) is 49.9. The van der Waals surface area contributed by atoms with Gasteiger partial charge in [-0.25, -0.2) is 4.85 Å². The summed E-state index contributed by atoms with van der Waals surface area (Å²) in [7, 11) is 0. The van der Waals surface area contributed by atoms with Crippen LogP contribution in [-0.2, 0) is 0 Å². The van der Waals surface area contributed by atoms with Gasteiger partial charge >= 0.3 is 0 Å². The third-order valence-electron chi connectivity index (χ3n) is 15.8. The molecule has 17 aromatic rings. The van der Waals surface area contributed by atoms with Crippen molar-refractivity contribution in [2.45, 2.75) is 0 Å². The fraction of sp³-hybridized carbons (Fsp3) is 0. The van der Waals surface area contributed by atoms with Crippen LogP contribution in [0.25, 0.3) is 163 Å². The SMILES string of the molecule is [C-]#[N+]c1c(C#N)c(-c2ccc3sc4ccccc4c3c2)c(-n2c3ccccc3c3ccc4c5ccccc5sc4c32)c(-n2c3ccccc3c3ccc4c5ccccc5sc4c32)c1-c1ccc2sc3ccccc3c2c1. The molecule has 0 aliphatic carbocycles. The number of aromatic nitrogens is 2. The average Bonchev–Trinajstić information content (AvgIpc) is 4.42. The van der Waals surface area contributed by atoms with Crippen LogP contribution in [0.1, 0.15) is 5.56 Å². The maximum atomic E-state index is 12.2. The second-order valence-electron chi connectivity index (χ2n) is 19.6. The van der Waals surface area contributed by atoms with E-state index < -0.39 is 0 Å². The summed E-state index contributed by atoms with van der Waals surface area (Å²) in [6.07, 6.45) is 0. The van der Waals surface area contributed by atoms with Crippen LogP contribution in [0.3, 0.4) is 0 Å². The Bertz CT molecular complexity index is 5180. The second-order valence-corrected chi connectivity index (χ2v) is 23.9. The molecule has 0 aliphatic rings. The topological polar surface area (TPSA) is 38.0 Å². The minimum absolute atomic E-state index is 0.327. The molecule has 0 bridgehead atoms. The fourth-order valence-electron chi connectivity index (χ4n) is 12.6. The third kappa shape index (κ3) is 5.63. The second kappa shape index (κ2) is 15.7. The van der Waals surface area contributed by atoms with Crippen LogP contribution in [0, 0.1) is 17.9 Å². The molecule has 0 radical (unpaired) electrons. The molecule has 6 heterocycles. The smallest absolute Gasteiger partial charge is 0.215 e. The van der Waals surface area contributed by atoms with Gasteiger partial charge in [0, 0.05) is 104 Å². The van der Waals surface area contributed by atoms with Gasteiger partial charge < -0.3 is 9.13 Å². The Balaban J connectivity index is 1.18. The summed E-state index contributed by atoms with van der Waals surface area (Å²) in [4.78, 5) is 4.60. The predicted molar refractivity (Wildman–Crippen MR) is 329 cm³/mol. The maximum absolute atomic E-state index is 12.2. The first-order valence-corrected chi connectivity index (χ1v) is 28.4. The molecule has 11 aromatic carbocycles. The molecule has 8 heteroatoms. The number of nitrogens with zero attached hydrogens (tertiary/aromatic N) is 4. The Kier molecular flexibility index (Phi) is 8.73.